The summed E-state index contributed by atoms with van der Waals surface area (Å²) in [4.78, 5) is 0. The predicted octanol–water partition coefficient (Wildman–Crippen LogP) is 38.8. The lowest BCUT2D eigenvalue weighted by Gasteiger charge is -2.21. The van der Waals surface area contributed by atoms with Crippen molar-refractivity contribution in [3.8, 4) is 134 Å². The molecule has 0 unspecified atom stereocenters. The Hall–Kier alpha value is -18.3. The Morgan fingerprint density at radius 2 is 0.374 bits per heavy atom. The average Bonchev–Trinajstić information content (AvgIpc) is 1.71. The minimum atomic E-state index is 0.897. The number of rotatable bonds is 12. The van der Waals surface area contributed by atoms with Gasteiger partial charge in [0, 0.05) is 43.4 Å². The van der Waals surface area contributed by atoms with Crippen molar-refractivity contribution in [2.45, 2.75) is 0 Å². The molecule has 25 aromatic carbocycles. The lowest BCUT2D eigenvalue weighted by Crippen LogP contribution is -1.94. The summed E-state index contributed by atoms with van der Waals surface area (Å²) in [6.07, 6.45) is 0. The quantitative estimate of drug-likeness (QED) is 0.114. The highest BCUT2D eigenvalue weighted by molar-refractivity contribution is 6.28. The largest absolute Gasteiger partial charge is 0.456 e. The fourth-order valence-electron chi connectivity index (χ4n) is 22.1. The molecule has 3 heteroatoms. The van der Waals surface area contributed by atoms with Crippen LogP contribution in [-0.2, 0) is 0 Å². The van der Waals surface area contributed by atoms with Gasteiger partial charge in [-0.05, 0) is 246 Å². The first-order chi connectivity index (χ1) is 69.0. The Labute approximate surface area is 803 Å². The van der Waals surface area contributed by atoms with Gasteiger partial charge in [-0.1, -0.05) is 473 Å². The van der Waals surface area contributed by atoms with E-state index in [1.54, 1.807) is 0 Å². The van der Waals surface area contributed by atoms with Crippen LogP contribution in [0, 0.1) is 0 Å². The molecule has 0 fully saturated rings. The molecule has 0 aliphatic rings. The lowest BCUT2D eigenvalue weighted by molar-refractivity contribution is 0.669. The number of para-hydroxylation sites is 3. The molecule has 0 saturated carbocycles. The van der Waals surface area contributed by atoms with E-state index in [1.807, 2.05) is 12.1 Å². The van der Waals surface area contributed by atoms with Crippen LogP contribution in [0.15, 0.2) is 535 Å². The molecule has 0 atom stereocenters. The number of fused-ring (bicyclic) bond motifs is 16. The third-order valence-corrected chi connectivity index (χ3v) is 28.2. The van der Waals surface area contributed by atoms with E-state index < -0.39 is 0 Å². The third kappa shape index (κ3) is 14.1. The fourth-order valence-corrected chi connectivity index (χ4v) is 22.1. The average molecular weight is 1770 g/mol. The Balaban J connectivity index is 0.000000108. The zero-order valence-electron chi connectivity index (χ0n) is 75.9. The standard InChI is InChI=1S/C48H30O.2C44H28O/c1-2-14-31(15-3-1)35-19-6-7-20-37(35)47-40-23-10-8-21-38(40)46(39-22-9-11-24-41(39)47)33-28-29-45-44(30-33)43-27-13-26-42(48(43)49-45)36-25-12-17-32-16-4-5-18-34(32)36;1-3-15-29(16-4-1)32-19-7-8-21-34(32)43-37-24-11-9-22-35(37)42(36-23-10-12-25-38(36)43)31-27-39(30-17-5-2-6-18-30)44-40(28-31)33-20-13-14-26-41(33)45-44;1-3-15-29(16-4-1)31-19-7-8-21-33(31)43-34-22-9-11-24-36(34)44(37-25-12-10-23-35(37)43)40-27-39-32-20-13-14-26-41(32)45-42(39)28-38(40)30-17-5-2-6-18-30/h1-30H;2*1-28H. The molecule has 648 valence electrons. The van der Waals surface area contributed by atoms with Crippen LogP contribution in [-0.4, -0.2) is 0 Å². The highest BCUT2D eigenvalue weighted by atomic mass is 16.3. The van der Waals surface area contributed by atoms with Crippen molar-refractivity contribution in [1.82, 2.24) is 0 Å². The minimum Gasteiger partial charge on any atom is -0.456 e. The van der Waals surface area contributed by atoms with Crippen molar-refractivity contribution in [3.05, 3.63) is 522 Å². The molecule has 3 aromatic heterocycles. The zero-order chi connectivity index (χ0) is 91.8. The maximum atomic E-state index is 6.68. The number of benzene rings is 25. The molecule has 0 aliphatic heterocycles. The van der Waals surface area contributed by atoms with Gasteiger partial charge in [-0.3, -0.25) is 0 Å². The van der Waals surface area contributed by atoms with E-state index in [-0.39, 0.29) is 0 Å². The molecule has 0 N–H and O–H groups in total. The van der Waals surface area contributed by atoms with Crippen molar-refractivity contribution < 1.29 is 13.3 Å². The lowest BCUT2D eigenvalue weighted by atomic mass is 9.82. The van der Waals surface area contributed by atoms with Gasteiger partial charge in [0.05, 0.1) is 0 Å². The summed E-state index contributed by atoms with van der Waals surface area (Å²) in [5, 5.41) is 24.1. The number of furan rings is 3. The first kappa shape index (κ1) is 81.5. The van der Waals surface area contributed by atoms with Crippen LogP contribution in [0.2, 0.25) is 0 Å². The van der Waals surface area contributed by atoms with Gasteiger partial charge < -0.3 is 13.3 Å². The summed E-state index contributed by atoms with van der Waals surface area (Å²) >= 11 is 0. The highest BCUT2D eigenvalue weighted by Crippen LogP contribution is 2.54. The van der Waals surface area contributed by atoms with Crippen LogP contribution in [0.5, 0.6) is 0 Å². The topological polar surface area (TPSA) is 39.4 Å². The Morgan fingerprint density at radius 1 is 0.101 bits per heavy atom. The monoisotopic (exact) mass is 1770 g/mol. The normalized spacial score (nSPS) is 11.6. The number of hydrogen-bond donors (Lipinski definition) is 0. The Kier molecular flexibility index (Phi) is 20.3. The molecule has 0 amide bonds. The van der Waals surface area contributed by atoms with Crippen LogP contribution in [0.25, 0.3) is 275 Å². The second-order valence-electron chi connectivity index (χ2n) is 36.0. The van der Waals surface area contributed by atoms with Crippen molar-refractivity contribution in [1.29, 1.82) is 0 Å². The molecular formula is C136H86O3. The van der Waals surface area contributed by atoms with Crippen LogP contribution >= 0.6 is 0 Å². The minimum absolute atomic E-state index is 0.897. The van der Waals surface area contributed by atoms with E-state index in [9.17, 15) is 0 Å². The van der Waals surface area contributed by atoms with Gasteiger partial charge in [0.25, 0.3) is 0 Å². The summed E-state index contributed by atoms with van der Waals surface area (Å²) < 4.78 is 19.6. The van der Waals surface area contributed by atoms with E-state index in [1.165, 1.54) is 187 Å². The molecule has 28 aromatic rings. The van der Waals surface area contributed by atoms with Gasteiger partial charge >= 0.3 is 0 Å². The van der Waals surface area contributed by atoms with Gasteiger partial charge in [0.1, 0.15) is 33.5 Å². The van der Waals surface area contributed by atoms with E-state index in [4.69, 9.17) is 13.3 Å². The third-order valence-electron chi connectivity index (χ3n) is 28.2. The van der Waals surface area contributed by atoms with Crippen molar-refractivity contribution >= 4 is 141 Å². The SMILES string of the molecule is c1ccc(-c2ccccc2-c2c3ccccc3c(-c3cc(-c4ccccc4)c4oc5ccccc5c4c3)c3ccccc23)cc1.c1ccc(-c2ccccc2-c2c3ccccc3c(-c3cc4c(cc3-c3ccccc3)oc3ccccc34)c3ccccc23)cc1.c1ccc(-c2ccccc2-c2c3ccccc3c(-c3ccc4oc5c(-c6cccc7ccccc67)cccc5c4c3)c3ccccc23)cc1. The molecule has 0 bridgehead atoms. The van der Waals surface area contributed by atoms with Gasteiger partial charge in [0.2, 0.25) is 0 Å². The van der Waals surface area contributed by atoms with Crippen LogP contribution in [0.3, 0.4) is 0 Å². The first-order valence-corrected chi connectivity index (χ1v) is 47.7. The Bertz CT molecular complexity index is 9510. The van der Waals surface area contributed by atoms with Crippen molar-refractivity contribution in [2.24, 2.45) is 0 Å². The number of hydrogen-bond acceptors (Lipinski definition) is 3. The summed E-state index contributed by atoms with van der Waals surface area (Å²) in [6.45, 7) is 0. The first-order valence-electron chi connectivity index (χ1n) is 47.7. The van der Waals surface area contributed by atoms with Crippen molar-refractivity contribution in [2.75, 3.05) is 0 Å². The summed E-state index contributed by atoms with van der Waals surface area (Å²) in [5.41, 5.74) is 34.5. The highest BCUT2D eigenvalue weighted by Gasteiger charge is 2.28. The van der Waals surface area contributed by atoms with Gasteiger partial charge in [-0.2, -0.15) is 0 Å². The van der Waals surface area contributed by atoms with Crippen LogP contribution in [0.1, 0.15) is 0 Å². The van der Waals surface area contributed by atoms with E-state index >= 15 is 0 Å². The second kappa shape index (κ2) is 34.6. The summed E-state index contributed by atoms with van der Waals surface area (Å²) in [5.74, 6) is 0. The fraction of sp³-hybridized carbons (Fsp3) is 0. The summed E-state index contributed by atoms with van der Waals surface area (Å²) in [7, 11) is 0. The molecule has 3 nitrogen and oxygen atoms in total. The zero-order valence-corrected chi connectivity index (χ0v) is 75.9. The molecule has 28 rings (SSSR count). The maximum absolute atomic E-state index is 6.68. The van der Waals surface area contributed by atoms with E-state index in [2.05, 4.69) is 510 Å². The predicted molar refractivity (Wildman–Crippen MR) is 589 cm³/mol. The molecule has 139 heavy (non-hydrogen) atoms. The molecular weight excluding hydrogens is 1680 g/mol. The van der Waals surface area contributed by atoms with Crippen LogP contribution < -0.4 is 0 Å². The smallest absolute Gasteiger partial charge is 0.143 e. The molecule has 3 heterocycles. The maximum Gasteiger partial charge on any atom is 0.143 e. The molecule has 0 radical (unpaired) electrons. The van der Waals surface area contributed by atoms with Gasteiger partial charge in [0.15, 0.2) is 0 Å². The second-order valence-corrected chi connectivity index (χ2v) is 36.0. The van der Waals surface area contributed by atoms with Gasteiger partial charge in [-0.15, -0.1) is 0 Å². The van der Waals surface area contributed by atoms with E-state index in [0.29, 0.717) is 0 Å². The van der Waals surface area contributed by atoms with Crippen molar-refractivity contribution in [3.63, 3.8) is 0 Å². The molecule has 0 spiro atoms. The van der Waals surface area contributed by atoms with E-state index in [0.717, 1.165) is 88.1 Å². The van der Waals surface area contributed by atoms with Crippen LogP contribution in [0.4, 0.5) is 0 Å². The molecule has 0 saturated heterocycles. The Morgan fingerprint density at radius 3 is 0.813 bits per heavy atom. The molecule has 0 aliphatic carbocycles. The van der Waals surface area contributed by atoms with Gasteiger partial charge in [-0.25, -0.2) is 0 Å². The summed E-state index contributed by atoms with van der Waals surface area (Å²) in [6, 6.07) is 188.